The third-order valence-corrected chi connectivity index (χ3v) is 2.72. The van der Waals surface area contributed by atoms with Crippen molar-refractivity contribution in [2.24, 2.45) is 0 Å². The summed E-state index contributed by atoms with van der Waals surface area (Å²) in [5, 5.41) is 17.0. The predicted molar refractivity (Wildman–Crippen MR) is 95.4 cm³/mol. The average Bonchev–Trinajstić information content (AvgIpc) is 2.51. The molecule has 2 amide bonds. The molecule has 134 valence electrons. The minimum absolute atomic E-state index is 0.0888. The lowest BCUT2D eigenvalue weighted by atomic mass is 10.2. The summed E-state index contributed by atoms with van der Waals surface area (Å²) in [6.07, 6.45) is 0.767. The summed E-state index contributed by atoms with van der Waals surface area (Å²) in [4.78, 5) is 23.4. The fourth-order valence-corrected chi connectivity index (χ4v) is 1.64. The number of benzene rings is 1. The zero-order valence-corrected chi connectivity index (χ0v) is 14.6. The van der Waals surface area contributed by atoms with Gasteiger partial charge in [-0.15, -0.1) is 0 Å². The Balaban J connectivity index is 2.41. The van der Waals surface area contributed by atoms with E-state index in [2.05, 4.69) is 16.0 Å². The first-order valence-electron chi connectivity index (χ1n) is 7.68. The Kier molecular flexibility index (Phi) is 7.28. The van der Waals surface area contributed by atoms with Gasteiger partial charge in [-0.2, -0.15) is 5.26 Å². The number of carbonyl (C=O) groups is 2. The van der Waals surface area contributed by atoms with Gasteiger partial charge in [0.1, 0.15) is 17.2 Å². The van der Waals surface area contributed by atoms with Gasteiger partial charge in [0.15, 0.2) is 0 Å². The van der Waals surface area contributed by atoms with Crippen LogP contribution in [0.4, 0.5) is 16.2 Å². The molecule has 25 heavy (non-hydrogen) atoms. The second-order valence-corrected chi connectivity index (χ2v) is 6.13. The summed E-state index contributed by atoms with van der Waals surface area (Å²) in [5.74, 6) is -0.542. The maximum atomic E-state index is 12.0. The Labute approximate surface area is 147 Å². The predicted octanol–water partition coefficient (Wildman–Crippen LogP) is 1.73. The molecule has 0 aromatic heterocycles. The van der Waals surface area contributed by atoms with Gasteiger partial charge < -0.3 is 26.4 Å². The number of nitrogens with two attached hydrogens (primary N) is 1. The molecule has 0 unspecified atom stereocenters. The van der Waals surface area contributed by atoms with Gasteiger partial charge in [0.05, 0.1) is 0 Å². The van der Waals surface area contributed by atoms with Crippen LogP contribution in [0.1, 0.15) is 20.8 Å². The van der Waals surface area contributed by atoms with Crippen LogP contribution in [-0.2, 0) is 9.53 Å². The molecule has 0 fully saturated rings. The molecule has 1 aromatic rings. The van der Waals surface area contributed by atoms with Gasteiger partial charge >= 0.3 is 6.09 Å². The molecule has 0 spiro atoms. The number of amides is 2. The molecule has 8 heteroatoms. The summed E-state index contributed by atoms with van der Waals surface area (Å²) < 4.78 is 5.08. The molecule has 0 bridgehead atoms. The van der Waals surface area contributed by atoms with E-state index in [9.17, 15) is 9.59 Å². The van der Waals surface area contributed by atoms with Crippen molar-refractivity contribution in [3.8, 4) is 6.07 Å². The van der Waals surface area contributed by atoms with Crippen LogP contribution in [-0.4, -0.2) is 30.7 Å². The first-order chi connectivity index (χ1) is 11.7. The standard InChI is InChI=1S/C17H23N5O3/c1-17(2,3)25-16(24)21-9-8-20-11-12(10-18)15(23)22-14-6-4-13(19)5-7-14/h4-7,11,20H,8-9,19H2,1-3H3,(H,21,24)(H,22,23)/b12-11-. The third-order valence-electron chi connectivity index (χ3n) is 2.72. The number of hydrogen-bond acceptors (Lipinski definition) is 6. The lowest BCUT2D eigenvalue weighted by Gasteiger charge is -2.19. The SMILES string of the molecule is CC(C)(C)OC(=O)NCCN/C=C(/C#N)C(=O)Nc1ccc(N)cc1. The monoisotopic (exact) mass is 345 g/mol. The van der Waals surface area contributed by atoms with Crippen LogP contribution in [0.25, 0.3) is 0 Å². The summed E-state index contributed by atoms with van der Waals surface area (Å²) in [6, 6.07) is 8.38. The molecular formula is C17H23N5O3. The Bertz CT molecular complexity index is 669. The number of alkyl carbamates (subject to hydrolysis) is 1. The van der Waals surface area contributed by atoms with Crippen LogP contribution in [0.3, 0.4) is 0 Å². The number of carbonyl (C=O) groups excluding carboxylic acids is 2. The summed E-state index contributed by atoms with van der Waals surface area (Å²) in [6.45, 7) is 5.93. The quantitative estimate of drug-likeness (QED) is 0.269. The molecule has 5 N–H and O–H groups in total. The van der Waals surface area contributed by atoms with Gasteiger partial charge in [-0.1, -0.05) is 0 Å². The second-order valence-electron chi connectivity index (χ2n) is 6.13. The van der Waals surface area contributed by atoms with Crippen molar-refractivity contribution in [3.05, 3.63) is 36.0 Å². The van der Waals surface area contributed by atoms with Crippen molar-refractivity contribution in [1.29, 1.82) is 5.26 Å². The minimum Gasteiger partial charge on any atom is -0.444 e. The van der Waals surface area contributed by atoms with E-state index in [1.54, 1.807) is 45.0 Å². The third kappa shape index (κ3) is 8.27. The average molecular weight is 345 g/mol. The van der Waals surface area contributed by atoms with Crippen molar-refractivity contribution < 1.29 is 14.3 Å². The molecule has 0 saturated carbocycles. The Hall–Kier alpha value is -3.21. The highest BCUT2D eigenvalue weighted by Crippen LogP contribution is 2.11. The molecule has 0 atom stereocenters. The molecule has 0 aliphatic heterocycles. The van der Waals surface area contributed by atoms with Gasteiger partial charge in [-0.25, -0.2) is 4.79 Å². The largest absolute Gasteiger partial charge is 0.444 e. The van der Waals surface area contributed by atoms with Crippen LogP contribution in [0.15, 0.2) is 36.0 Å². The Morgan fingerprint density at radius 1 is 1.24 bits per heavy atom. The molecule has 1 aromatic carbocycles. The van der Waals surface area contributed by atoms with Gasteiger partial charge in [0, 0.05) is 30.7 Å². The van der Waals surface area contributed by atoms with Gasteiger partial charge in [-0.3, -0.25) is 4.79 Å². The van der Waals surface area contributed by atoms with Crippen molar-refractivity contribution in [3.63, 3.8) is 0 Å². The minimum atomic E-state index is -0.564. The molecule has 0 heterocycles. The fourth-order valence-electron chi connectivity index (χ4n) is 1.64. The maximum absolute atomic E-state index is 12.0. The zero-order chi connectivity index (χ0) is 18.9. The van der Waals surface area contributed by atoms with Crippen molar-refractivity contribution in [2.75, 3.05) is 24.1 Å². The van der Waals surface area contributed by atoms with E-state index < -0.39 is 17.6 Å². The number of ether oxygens (including phenoxy) is 1. The maximum Gasteiger partial charge on any atom is 0.407 e. The van der Waals surface area contributed by atoms with Gasteiger partial charge in [0.2, 0.25) is 0 Å². The van der Waals surface area contributed by atoms with Crippen LogP contribution in [0.5, 0.6) is 0 Å². The first-order valence-corrected chi connectivity index (χ1v) is 7.68. The molecule has 0 aliphatic carbocycles. The smallest absolute Gasteiger partial charge is 0.407 e. The highest BCUT2D eigenvalue weighted by molar-refractivity contribution is 6.06. The molecule has 8 nitrogen and oxygen atoms in total. The number of nitrogen functional groups attached to an aromatic ring is 1. The number of nitrogens with one attached hydrogen (secondary N) is 3. The summed E-state index contributed by atoms with van der Waals surface area (Å²) in [7, 11) is 0. The van der Waals surface area contributed by atoms with E-state index in [0.717, 1.165) is 0 Å². The summed E-state index contributed by atoms with van der Waals surface area (Å²) in [5.41, 5.74) is 6.03. The molecular weight excluding hydrogens is 322 g/mol. The first kappa shape index (κ1) is 19.8. The number of anilines is 2. The van der Waals surface area contributed by atoms with Gasteiger partial charge in [-0.05, 0) is 45.0 Å². The van der Waals surface area contributed by atoms with E-state index in [-0.39, 0.29) is 12.1 Å². The van der Waals surface area contributed by atoms with Crippen molar-refractivity contribution in [2.45, 2.75) is 26.4 Å². The highest BCUT2D eigenvalue weighted by atomic mass is 16.6. The number of nitrogens with zero attached hydrogens (tertiary/aromatic N) is 1. The topological polar surface area (TPSA) is 129 Å². The highest BCUT2D eigenvalue weighted by Gasteiger charge is 2.15. The van der Waals surface area contributed by atoms with E-state index in [4.69, 9.17) is 15.7 Å². The molecule has 1 rings (SSSR count). The normalized spacial score (nSPS) is 11.2. The lowest BCUT2D eigenvalue weighted by Crippen LogP contribution is -2.35. The van der Waals surface area contributed by atoms with Crippen LogP contribution < -0.4 is 21.7 Å². The van der Waals surface area contributed by atoms with Crippen LogP contribution in [0, 0.1) is 11.3 Å². The zero-order valence-electron chi connectivity index (χ0n) is 14.6. The van der Waals surface area contributed by atoms with Crippen molar-refractivity contribution in [1.82, 2.24) is 10.6 Å². The van der Waals surface area contributed by atoms with Gasteiger partial charge in [0.25, 0.3) is 5.91 Å². The number of hydrogen-bond donors (Lipinski definition) is 4. The van der Waals surface area contributed by atoms with Crippen LogP contribution in [0.2, 0.25) is 0 Å². The molecule has 0 saturated heterocycles. The van der Waals surface area contributed by atoms with E-state index >= 15 is 0 Å². The van der Waals surface area contributed by atoms with Crippen molar-refractivity contribution >= 4 is 23.4 Å². The Morgan fingerprint density at radius 2 is 1.88 bits per heavy atom. The molecule has 0 radical (unpaired) electrons. The second kappa shape index (κ2) is 9.17. The lowest BCUT2D eigenvalue weighted by molar-refractivity contribution is -0.112. The number of nitriles is 1. The molecule has 0 aliphatic rings. The number of rotatable bonds is 6. The Morgan fingerprint density at radius 3 is 2.44 bits per heavy atom. The fraction of sp³-hybridized carbons (Fsp3) is 0.353. The van der Waals surface area contributed by atoms with Crippen LogP contribution >= 0.6 is 0 Å². The summed E-state index contributed by atoms with van der Waals surface area (Å²) >= 11 is 0. The van der Waals surface area contributed by atoms with E-state index in [1.165, 1.54) is 6.20 Å². The van der Waals surface area contributed by atoms with E-state index in [1.807, 2.05) is 6.07 Å². The van der Waals surface area contributed by atoms with E-state index in [0.29, 0.717) is 17.9 Å².